The Morgan fingerprint density at radius 3 is 2.25 bits per heavy atom. The van der Waals surface area contributed by atoms with Crippen molar-refractivity contribution in [3.05, 3.63) is 29.8 Å². The van der Waals surface area contributed by atoms with Crippen LogP contribution in [-0.4, -0.2) is 25.8 Å². The van der Waals surface area contributed by atoms with Crippen LogP contribution in [0.5, 0.6) is 0 Å². The smallest absolute Gasteiger partial charge is 0.207 e. The van der Waals surface area contributed by atoms with E-state index in [4.69, 9.17) is 0 Å². The highest BCUT2D eigenvalue weighted by Gasteiger charge is 2.30. The summed E-state index contributed by atoms with van der Waals surface area (Å²) in [4.78, 5) is -0.453. The maximum absolute atomic E-state index is 13.7. The molecule has 6 heteroatoms. The molecule has 0 saturated heterocycles. The van der Waals surface area contributed by atoms with E-state index in [0.29, 0.717) is 6.07 Å². The molecule has 0 bridgehead atoms. The second-order valence-corrected chi connectivity index (χ2v) is 7.21. The van der Waals surface area contributed by atoms with E-state index >= 15 is 0 Å². The minimum absolute atomic E-state index is 0.105. The molecule has 0 aliphatic heterocycles. The van der Waals surface area contributed by atoms with Crippen molar-refractivity contribution in [1.29, 1.82) is 0 Å². The van der Waals surface area contributed by atoms with Crippen molar-refractivity contribution in [2.45, 2.75) is 49.5 Å². The zero-order valence-corrected chi connectivity index (χ0v) is 12.3. The van der Waals surface area contributed by atoms with Crippen LogP contribution < -0.4 is 0 Å². The highest BCUT2D eigenvalue weighted by Crippen LogP contribution is 2.27. The molecular formula is C14H19F2NO2S. The first kappa shape index (κ1) is 15.4. The molecule has 20 heavy (non-hydrogen) atoms. The maximum atomic E-state index is 13.7. The summed E-state index contributed by atoms with van der Waals surface area (Å²) in [7, 11) is -2.43. The van der Waals surface area contributed by atoms with E-state index in [1.54, 1.807) is 0 Å². The Hall–Kier alpha value is -1.01. The summed E-state index contributed by atoms with van der Waals surface area (Å²) >= 11 is 0. The molecule has 1 saturated carbocycles. The van der Waals surface area contributed by atoms with Crippen LogP contribution in [0.1, 0.15) is 38.5 Å². The summed E-state index contributed by atoms with van der Waals surface area (Å²) in [6, 6.07) is 2.46. The molecule has 2 rings (SSSR count). The van der Waals surface area contributed by atoms with Gasteiger partial charge in [-0.3, -0.25) is 0 Å². The lowest BCUT2D eigenvalue weighted by molar-refractivity contribution is 0.334. The zero-order valence-electron chi connectivity index (χ0n) is 11.5. The molecule has 0 spiro atoms. The van der Waals surface area contributed by atoms with Crippen molar-refractivity contribution in [2.24, 2.45) is 0 Å². The molecule has 1 aliphatic rings. The second-order valence-electron chi connectivity index (χ2n) is 5.24. The van der Waals surface area contributed by atoms with E-state index in [9.17, 15) is 17.2 Å². The second kappa shape index (κ2) is 6.18. The van der Waals surface area contributed by atoms with E-state index in [0.717, 1.165) is 50.7 Å². The van der Waals surface area contributed by atoms with Crippen LogP contribution >= 0.6 is 0 Å². The number of rotatable bonds is 3. The van der Waals surface area contributed by atoms with Gasteiger partial charge in [-0.1, -0.05) is 25.7 Å². The summed E-state index contributed by atoms with van der Waals surface area (Å²) in [5.41, 5.74) is 0. The maximum Gasteiger partial charge on any atom is 0.245 e. The first-order chi connectivity index (χ1) is 9.43. The number of halogens is 2. The molecule has 112 valence electrons. The predicted molar refractivity (Wildman–Crippen MR) is 72.8 cm³/mol. The number of benzene rings is 1. The Kier molecular flexibility index (Phi) is 4.75. The topological polar surface area (TPSA) is 37.4 Å². The summed E-state index contributed by atoms with van der Waals surface area (Å²) < 4.78 is 52.7. The molecule has 3 nitrogen and oxygen atoms in total. The molecule has 0 aromatic heterocycles. The highest BCUT2D eigenvalue weighted by atomic mass is 32.2. The van der Waals surface area contributed by atoms with Gasteiger partial charge in [0, 0.05) is 19.2 Å². The van der Waals surface area contributed by atoms with Crippen molar-refractivity contribution in [1.82, 2.24) is 4.31 Å². The monoisotopic (exact) mass is 303 g/mol. The van der Waals surface area contributed by atoms with E-state index in [2.05, 4.69) is 0 Å². The minimum Gasteiger partial charge on any atom is -0.207 e. The highest BCUT2D eigenvalue weighted by molar-refractivity contribution is 7.89. The molecule has 0 radical (unpaired) electrons. The molecule has 0 atom stereocenters. The van der Waals surface area contributed by atoms with Crippen LogP contribution in [0.3, 0.4) is 0 Å². The van der Waals surface area contributed by atoms with Gasteiger partial charge in [0.1, 0.15) is 16.5 Å². The van der Waals surface area contributed by atoms with Crippen LogP contribution in [-0.2, 0) is 10.0 Å². The van der Waals surface area contributed by atoms with Gasteiger partial charge in [-0.05, 0) is 25.0 Å². The minimum atomic E-state index is -3.91. The summed E-state index contributed by atoms with van der Waals surface area (Å²) in [5, 5.41) is 0. The fourth-order valence-electron chi connectivity index (χ4n) is 2.66. The van der Waals surface area contributed by atoms with Crippen LogP contribution in [0.4, 0.5) is 8.78 Å². The molecular weight excluding hydrogens is 284 g/mol. The van der Waals surface area contributed by atoms with E-state index in [1.807, 2.05) is 0 Å². The van der Waals surface area contributed by atoms with Crippen LogP contribution in [0.15, 0.2) is 23.1 Å². The predicted octanol–water partition coefficient (Wildman–Crippen LogP) is 3.31. The van der Waals surface area contributed by atoms with Gasteiger partial charge in [0.15, 0.2) is 0 Å². The van der Waals surface area contributed by atoms with Crippen molar-refractivity contribution in [3.8, 4) is 0 Å². The Bertz CT molecular complexity index is 567. The molecule has 1 aromatic rings. The Morgan fingerprint density at radius 1 is 1.10 bits per heavy atom. The summed E-state index contributed by atoms with van der Waals surface area (Å²) in [5.74, 6) is -1.82. The normalized spacial score (nSPS) is 18.2. The molecule has 0 N–H and O–H groups in total. The average molecular weight is 303 g/mol. The van der Waals surface area contributed by atoms with E-state index < -0.39 is 26.6 Å². The summed E-state index contributed by atoms with van der Waals surface area (Å²) in [6.07, 6.45) is 5.76. The molecule has 0 amide bonds. The number of hydrogen-bond donors (Lipinski definition) is 0. The van der Waals surface area contributed by atoms with Crippen LogP contribution in [0.2, 0.25) is 0 Å². The summed E-state index contributed by atoms with van der Waals surface area (Å²) in [6.45, 7) is 0. The van der Waals surface area contributed by atoms with Gasteiger partial charge in [-0.25, -0.2) is 17.2 Å². The van der Waals surface area contributed by atoms with Crippen molar-refractivity contribution < 1.29 is 17.2 Å². The van der Waals surface area contributed by atoms with Gasteiger partial charge < -0.3 is 0 Å². The number of sulfonamides is 1. The Morgan fingerprint density at radius 2 is 1.70 bits per heavy atom. The van der Waals surface area contributed by atoms with Crippen molar-refractivity contribution in [3.63, 3.8) is 0 Å². The van der Waals surface area contributed by atoms with Gasteiger partial charge in [0.25, 0.3) is 0 Å². The largest absolute Gasteiger partial charge is 0.245 e. The number of hydrogen-bond acceptors (Lipinski definition) is 2. The molecule has 0 heterocycles. The third-order valence-electron chi connectivity index (χ3n) is 3.89. The van der Waals surface area contributed by atoms with Gasteiger partial charge in [-0.15, -0.1) is 0 Å². The van der Waals surface area contributed by atoms with Crippen LogP contribution in [0.25, 0.3) is 0 Å². The third kappa shape index (κ3) is 3.17. The standard InChI is InChI=1S/C14H19F2NO2S/c1-17(12-6-4-2-3-5-7-12)20(18,19)14-9-8-11(15)10-13(14)16/h8-10,12H,2-7H2,1H3. The van der Waals surface area contributed by atoms with E-state index in [-0.39, 0.29) is 6.04 Å². The quantitative estimate of drug-likeness (QED) is 0.803. The lowest BCUT2D eigenvalue weighted by Gasteiger charge is -2.26. The number of nitrogens with zero attached hydrogens (tertiary/aromatic N) is 1. The zero-order chi connectivity index (χ0) is 14.8. The van der Waals surface area contributed by atoms with Crippen molar-refractivity contribution >= 4 is 10.0 Å². The van der Waals surface area contributed by atoms with Crippen molar-refractivity contribution in [2.75, 3.05) is 7.05 Å². The lowest BCUT2D eigenvalue weighted by Crippen LogP contribution is -2.37. The third-order valence-corrected chi connectivity index (χ3v) is 5.83. The van der Waals surface area contributed by atoms with Gasteiger partial charge >= 0.3 is 0 Å². The van der Waals surface area contributed by atoms with Gasteiger partial charge in [0.2, 0.25) is 10.0 Å². The first-order valence-electron chi connectivity index (χ1n) is 6.86. The fourth-order valence-corrected chi connectivity index (χ4v) is 4.12. The van der Waals surface area contributed by atoms with Crippen LogP contribution in [0, 0.1) is 11.6 Å². The molecule has 1 fully saturated rings. The molecule has 1 aromatic carbocycles. The average Bonchev–Trinajstić information content (AvgIpc) is 2.66. The van der Waals surface area contributed by atoms with Gasteiger partial charge in [0.05, 0.1) is 0 Å². The fraction of sp³-hybridized carbons (Fsp3) is 0.571. The first-order valence-corrected chi connectivity index (χ1v) is 8.30. The van der Waals surface area contributed by atoms with E-state index in [1.165, 1.54) is 11.4 Å². The Balaban J connectivity index is 2.28. The molecule has 1 aliphatic carbocycles. The van der Waals surface area contributed by atoms with Gasteiger partial charge in [-0.2, -0.15) is 4.31 Å². The Labute approximate surface area is 118 Å². The lowest BCUT2D eigenvalue weighted by atomic mass is 10.1. The SMILES string of the molecule is CN(C1CCCCCC1)S(=O)(=O)c1ccc(F)cc1F. The molecule has 0 unspecified atom stereocenters.